The first-order valence-corrected chi connectivity index (χ1v) is 13.6. The van der Waals surface area contributed by atoms with E-state index in [2.05, 4.69) is 0 Å². The number of cyclic esters (lactones) is 1. The van der Waals surface area contributed by atoms with E-state index in [1.54, 1.807) is 4.90 Å². The maximum absolute atomic E-state index is 12.4. The third-order valence-corrected chi connectivity index (χ3v) is 7.17. The van der Waals surface area contributed by atoms with Crippen molar-refractivity contribution in [3.63, 3.8) is 0 Å². The van der Waals surface area contributed by atoms with Crippen LogP contribution in [0.1, 0.15) is 62.3 Å². The van der Waals surface area contributed by atoms with Crippen molar-refractivity contribution in [1.82, 2.24) is 4.90 Å². The summed E-state index contributed by atoms with van der Waals surface area (Å²) < 4.78 is 28.5. The molecule has 1 fully saturated rings. The van der Waals surface area contributed by atoms with Crippen LogP contribution < -0.4 is 4.74 Å². The first kappa shape index (κ1) is 28.0. The van der Waals surface area contributed by atoms with Crippen LogP contribution in [-0.2, 0) is 32.2 Å². The van der Waals surface area contributed by atoms with Crippen LogP contribution >= 0.6 is 11.6 Å². The van der Waals surface area contributed by atoms with E-state index in [1.165, 1.54) is 0 Å². The monoisotopic (exact) mass is 552 g/mol. The Morgan fingerprint density at radius 3 is 2.73 bits per heavy atom. The van der Waals surface area contributed by atoms with Gasteiger partial charge >= 0.3 is 6.09 Å². The van der Waals surface area contributed by atoms with E-state index in [0.29, 0.717) is 51.1 Å². The molecule has 4 rings (SSSR count). The van der Waals surface area contributed by atoms with Crippen molar-refractivity contribution in [2.45, 2.75) is 64.6 Å². The van der Waals surface area contributed by atoms with E-state index < -0.39 is 5.79 Å². The van der Waals surface area contributed by atoms with Crippen molar-refractivity contribution in [2.24, 2.45) is 0 Å². The van der Waals surface area contributed by atoms with Crippen molar-refractivity contribution in [3.8, 4) is 5.75 Å². The summed E-state index contributed by atoms with van der Waals surface area (Å²) in [7, 11) is 0. The fraction of sp³-hybridized carbons (Fsp3) is 0.536. The van der Waals surface area contributed by atoms with E-state index in [4.69, 9.17) is 46.9 Å². The lowest BCUT2D eigenvalue weighted by molar-refractivity contribution is -0.290. The van der Waals surface area contributed by atoms with Crippen LogP contribution in [0.25, 0.3) is 0 Å². The predicted octanol–water partition coefficient (Wildman–Crippen LogP) is 5.97. The minimum absolute atomic E-state index is 0.250. The van der Waals surface area contributed by atoms with Crippen molar-refractivity contribution >= 4 is 17.7 Å². The molecule has 1 atom stereocenters. The molecule has 2 aliphatic heterocycles. The minimum Gasteiger partial charge on any atom is -0.463 e. The predicted molar refractivity (Wildman–Crippen MR) is 138 cm³/mol. The van der Waals surface area contributed by atoms with Gasteiger partial charge in [-0.2, -0.15) is 0 Å². The largest absolute Gasteiger partial charge is 0.463 e. The molecule has 2 heterocycles. The maximum atomic E-state index is 12.4. The lowest BCUT2D eigenvalue weighted by Gasteiger charge is -2.32. The fourth-order valence-electron chi connectivity index (χ4n) is 4.36. The Bertz CT molecular complexity index is 1040. The van der Waals surface area contributed by atoms with Crippen LogP contribution in [-0.4, -0.2) is 49.7 Å². The van der Waals surface area contributed by atoms with Gasteiger partial charge in [0.1, 0.15) is 11.9 Å². The fourth-order valence-corrected chi connectivity index (χ4v) is 4.89. The molecule has 0 aromatic heterocycles. The quantitative estimate of drug-likeness (QED) is 0.285. The van der Waals surface area contributed by atoms with Crippen LogP contribution in [0.4, 0.5) is 4.79 Å². The number of carbonyl (C=O) groups excluding carboxylic acids is 1. The second kappa shape index (κ2) is 13.2. The number of halogens is 2. The van der Waals surface area contributed by atoms with Crippen LogP contribution in [0.3, 0.4) is 0 Å². The first-order chi connectivity index (χ1) is 17.8. The van der Waals surface area contributed by atoms with Gasteiger partial charge in [-0.05, 0) is 36.6 Å². The summed E-state index contributed by atoms with van der Waals surface area (Å²) in [6.45, 7) is 7.66. The van der Waals surface area contributed by atoms with Crippen molar-refractivity contribution < 1.29 is 40.1 Å². The Kier molecular flexibility index (Phi) is 9.96. The van der Waals surface area contributed by atoms with Gasteiger partial charge in [0.05, 0.1) is 43.6 Å². The lowest BCUT2D eigenvalue weighted by atomic mass is 10.0. The zero-order chi connectivity index (χ0) is 26.3. The highest BCUT2D eigenvalue weighted by molar-refractivity contribution is 6.31. The molecule has 0 N–H and O–H groups in total. The molecule has 1 amide bonds. The number of fused-ring (bicyclic) bond motifs is 1. The van der Waals surface area contributed by atoms with Crippen molar-refractivity contribution in [2.75, 3.05) is 32.9 Å². The second-order valence-corrected chi connectivity index (χ2v) is 10.6. The molecule has 0 saturated carbocycles. The number of nitrogens with zero attached hydrogens (tertiary/aromatic N) is 1. The van der Waals surface area contributed by atoms with Gasteiger partial charge in [-0.25, -0.2) is 4.79 Å². The van der Waals surface area contributed by atoms with Gasteiger partial charge in [0.25, 0.3) is 0 Å². The van der Waals surface area contributed by atoms with E-state index >= 15 is 0 Å². The van der Waals surface area contributed by atoms with E-state index in [-0.39, 0.29) is 12.2 Å². The van der Waals surface area contributed by atoms with Gasteiger partial charge in [-0.3, -0.25) is 0 Å². The summed E-state index contributed by atoms with van der Waals surface area (Å²) in [5.41, 5.74) is 2.80. The Hall–Kier alpha value is -2.03. The number of benzene rings is 2. The van der Waals surface area contributed by atoms with Crippen LogP contribution in [0.2, 0.25) is 10.0 Å². The standard InChI is InChI=1S/C28H36Cl2NO6/c1-28(2)35-18-21-16-20(10-11-25(21)37-28)26-17-31(27(32)36-26)12-5-3-4-6-13-33-14-15-34-19-22-23(29)8-7-9-24(22)30/h7-11,16,26,29H,3-6,12-15,17-19H2,1-2H3/q+1/t26-/m0/s1. The number of hydrogen-bond acceptors (Lipinski definition) is 6. The molecule has 202 valence electrons. The summed E-state index contributed by atoms with van der Waals surface area (Å²) in [5, 5.41) is 1.36. The average molecular weight is 554 g/mol. The van der Waals surface area contributed by atoms with Crippen LogP contribution in [0, 0.1) is 11.6 Å². The Balaban J connectivity index is 1.05. The summed E-state index contributed by atoms with van der Waals surface area (Å²) >= 11 is 11.4. The van der Waals surface area contributed by atoms with Crippen LogP contribution in [0.15, 0.2) is 36.4 Å². The highest BCUT2D eigenvalue weighted by atomic mass is 35.5. The number of carbonyl (C=O) groups is 1. The SMILES string of the molecule is CC1(C)OCc2cc([C@@H]3CN(CCCCCCOCCOCc4c(Cl)cccc4[ClH+])C(=O)O3)ccc2O1. The zero-order valence-corrected chi connectivity index (χ0v) is 23.1. The maximum Gasteiger partial charge on any atom is 0.410 e. The molecule has 9 heteroatoms. The summed E-state index contributed by atoms with van der Waals surface area (Å²) in [4.78, 5) is 14.2. The molecule has 37 heavy (non-hydrogen) atoms. The Morgan fingerprint density at radius 2 is 1.89 bits per heavy atom. The molecule has 0 unspecified atom stereocenters. The molecule has 0 spiro atoms. The zero-order valence-electron chi connectivity index (χ0n) is 21.5. The average Bonchev–Trinajstić information content (AvgIpc) is 3.23. The molecule has 2 aromatic carbocycles. The van der Waals surface area contributed by atoms with Gasteiger partial charge in [0, 0.05) is 38.6 Å². The normalized spacial score (nSPS) is 18.4. The minimum atomic E-state index is -0.625. The molecule has 0 aliphatic carbocycles. The van der Waals surface area contributed by atoms with Gasteiger partial charge in [0.15, 0.2) is 11.6 Å². The highest BCUT2D eigenvalue weighted by Gasteiger charge is 2.33. The molecule has 0 bridgehead atoms. The smallest absolute Gasteiger partial charge is 0.410 e. The Morgan fingerprint density at radius 1 is 1.08 bits per heavy atom. The molecule has 7 nitrogen and oxygen atoms in total. The van der Waals surface area contributed by atoms with E-state index in [0.717, 1.165) is 53.1 Å². The number of unbranched alkanes of at least 4 members (excludes halogenated alkanes) is 3. The lowest BCUT2D eigenvalue weighted by Crippen LogP contribution is -2.35. The third-order valence-electron chi connectivity index (χ3n) is 6.44. The van der Waals surface area contributed by atoms with Gasteiger partial charge in [-0.15, -0.1) is 0 Å². The van der Waals surface area contributed by atoms with E-state index in [1.807, 2.05) is 50.2 Å². The highest BCUT2D eigenvalue weighted by Crippen LogP contribution is 2.35. The van der Waals surface area contributed by atoms with Crippen molar-refractivity contribution in [1.29, 1.82) is 0 Å². The number of hydrogen-bond donors (Lipinski definition) is 0. The molecule has 1 saturated heterocycles. The number of ether oxygens (including phenoxy) is 5. The van der Waals surface area contributed by atoms with Crippen LogP contribution in [0.5, 0.6) is 5.75 Å². The topological polar surface area (TPSA) is 66.5 Å². The van der Waals surface area contributed by atoms with Gasteiger partial charge < -0.3 is 28.6 Å². The summed E-state index contributed by atoms with van der Waals surface area (Å²) in [6, 6.07) is 11.4. The summed E-state index contributed by atoms with van der Waals surface area (Å²) in [5.74, 6) is 0.195. The molecular weight excluding hydrogens is 517 g/mol. The molecule has 2 aromatic rings. The first-order valence-electron chi connectivity index (χ1n) is 12.8. The number of amides is 1. The third kappa shape index (κ3) is 7.98. The van der Waals surface area contributed by atoms with Gasteiger partial charge in [-0.1, -0.05) is 36.6 Å². The molecule has 2 aliphatic rings. The summed E-state index contributed by atoms with van der Waals surface area (Å²) in [6.07, 6.45) is 3.48. The van der Waals surface area contributed by atoms with Gasteiger partial charge in [0.2, 0.25) is 10.8 Å². The van der Waals surface area contributed by atoms with E-state index in [9.17, 15) is 4.79 Å². The molecule has 0 radical (unpaired) electrons. The molecular formula is C28H36Cl2NO6+. The Labute approximate surface area is 228 Å². The van der Waals surface area contributed by atoms with Crippen molar-refractivity contribution in [3.05, 3.63) is 63.1 Å². The second-order valence-electron chi connectivity index (χ2n) is 9.77. The number of rotatable bonds is 13.